The standard InChI is InChI=1S/C24H30F3N7O5/c25-24(26,27)39-19-6-3-4-16(10-19)11-22(37)31-21-8-7-18(33-34-21)5-1-2-9-29-13-20(32-28)23(38)30-12-17(14-35)15-36/h3-4,6-8,10,13,17,28-29,35-36H,1-2,5,9,11-12,14-15H2,(H,30,38)(H,31,34,37)/b20-13-,32-28?. The third-order valence-electron chi connectivity index (χ3n) is 5.15. The summed E-state index contributed by atoms with van der Waals surface area (Å²) in [4.78, 5) is 24.2. The lowest BCUT2D eigenvalue weighted by Gasteiger charge is -2.11. The lowest BCUT2D eigenvalue weighted by atomic mass is 10.1. The maximum Gasteiger partial charge on any atom is 0.573 e. The number of rotatable bonds is 16. The molecule has 2 rings (SSSR count). The summed E-state index contributed by atoms with van der Waals surface area (Å²) in [5.74, 6) is -1.78. The zero-order chi connectivity index (χ0) is 28.7. The van der Waals surface area contributed by atoms with Crippen LogP contribution in [0.1, 0.15) is 24.1 Å². The van der Waals surface area contributed by atoms with Crippen molar-refractivity contribution in [2.75, 3.05) is 31.6 Å². The molecule has 1 heterocycles. The average molecular weight is 554 g/mol. The molecule has 0 saturated heterocycles. The van der Waals surface area contributed by atoms with Crippen molar-refractivity contribution in [3.8, 4) is 5.75 Å². The molecule has 0 unspecified atom stereocenters. The van der Waals surface area contributed by atoms with Gasteiger partial charge in [0.15, 0.2) is 11.5 Å². The molecule has 0 aliphatic heterocycles. The van der Waals surface area contributed by atoms with Crippen LogP contribution >= 0.6 is 0 Å². The minimum atomic E-state index is -4.82. The summed E-state index contributed by atoms with van der Waals surface area (Å²) in [5.41, 5.74) is 8.00. The van der Waals surface area contributed by atoms with Gasteiger partial charge in [-0.1, -0.05) is 12.1 Å². The molecule has 0 aliphatic rings. The number of carbonyl (C=O) groups is 2. The quantitative estimate of drug-likeness (QED) is 0.104. The van der Waals surface area contributed by atoms with Crippen molar-refractivity contribution in [3.05, 3.63) is 59.6 Å². The van der Waals surface area contributed by atoms with E-state index in [1.807, 2.05) is 0 Å². The monoisotopic (exact) mass is 553 g/mol. The molecule has 0 aliphatic carbocycles. The van der Waals surface area contributed by atoms with Gasteiger partial charge in [0.25, 0.3) is 5.91 Å². The van der Waals surface area contributed by atoms with E-state index in [0.717, 1.165) is 18.6 Å². The van der Waals surface area contributed by atoms with Crippen molar-refractivity contribution in [2.24, 2.45) is 11.0 Å². The number of anilines is 1. The predicted octanol–water partition coefficient (Wildman–Crippen LogP) is 2.06. The van der Waals surface area contributed by atoms with Crippen LogP contribution in [0, 0.1) is 11.4 Å². The predicted molar refractivity (Wildman–Crippen MR) is 132 cm³/mol. The third-order valence-corrected chi connectivity index (χ3v) is 5.15. The molecule has 0 fully saturated rings. The van der Waals surface area contributed by atoms with Gasteiger partial charge in [0.1, 0.15) is 5.75 Å². The van der Waals surface area contributed by atoms with Gasteiger partial charge in [-0.25, -0.2) is 5.53 Å². The zero-order valence-electron chi connectivity index (χ0n) is 20.9. The summed E-state index contributed by atoms with van der Waals surface area (Å²) < 4.78 is 40.9. The number of aromatic nitrogens is 2. The van der Waals surface area contributed by atoms with E-state index in [4.69, 9.17) is 15.7 Å². The summed E-state index contributed by atoms with van der Waals surface area (Å²) >= 11 is 0. The van der Waals surface area contributed by atoms with Crippen molar-refractivity contribution in [1.29, 1.82) is 5.53 Å². The van der Waals surface area contributed by atoms with E-state index in [1.54, 1.807) is 12.1 Å². The van der Waals surface area contributed by atoms with Gasteiger partial charge in [-0.3, -0.25) is 9.59 Å². The highest BCUT2D eigenvalue weighted by Gasteiger charge is 2.31. The Bertz CT molecular complexity index is 1110. The molecule has 0 spiro atoms. The smallest absolute Gasteiger partial charge is 0.406 e. The first-order chi connectivity index (χ1) is 18.6. The van der Waals surface area contributed by atoms with Gasteiger partial charge in [-0.15, -0.1) is 18.3 Å². The lowest BCUT2D eigenvalue weighted by Crippen LogP contribution is -2.33. The Labute approximate surface area is 222 Å². The van der Waals surface area contributed by atoms with E-state index in [0.29, 0.717) is 30.6 Å². The number of nitrogens with zero attached hydrogens (tertiary/aromatic N) is 3. The highest BCUT2D eigenvalue weighted by Crippen LogP contribution is 2.23. The fourth-order valence-electron chi connectivity index (χ4n) is 3.15. The van der Waals surface area contributed by atoms with Crippen molar-refractivity contribution in [3.63, 3.8) is 0 Å². The lowest BCUT2D eigenvalue weighted by molar-refractivity contribution is -0.274. The van der Waals surface area contributed by atoms with Crippen LogP contribution in [0.25, 0.3) is 0 Å². The summed E-state index contributed by atoms with van der Waals surface area (Å²) in [5, 5.41) is 37.1. The normalized spacial score (nSPS) is 11.7. The maximum absolute atomic E-state index is 12.4. The number of aliphatic hydroxyl groups excluding tert-OH is 2. The average Bonchev–Trinajstić information content (AvgIpc) is 2.89. The molecule has 0 radical (unpaired) electrons. The second kappa shape index (κ2) is 16.0. The molecule has 0 atom stereocenters. The molecular weight excluding hydrogens is 523 g/mol. The first kappa shape index (κ1) is 31.1. The topological polar surface area (TPSA) is 182 Å². The van der Waals surface area contributed by atoms with Gasteiger partial charge in [0.2, 0.25) is 5.91 Å². The first-order valence-electron chi connectivity index (χ1n) is 11.9. The van der Waals surface area contributed by atoms with Crippen molar-refractivity contribution in [1.82, 2.24) is 20.8 Å². The van der Waals surface area contributed by atoms with E-state index in [9.17, 15) is 22.8 Å². The number of aryl methyl sites for hydroxylation is 1. The minimum Gasteiger partial charge on any atom is -0.406 e. The van der Waals surface area contributed by atoms with Crippen LogP contribution in [0.5, 0.6) is 5.75 Å². The molecule has 39 heavy (non-hydrogen) atoms. The number of halogens is 3. The number of hydrogen-bond acceptors (Lipinski definition) is 10. The molecule has 12 nitrogen and oxygen atoms in total. The Kier molecular flexibility index (Phi) is 12.8. The summed E-state index contributed by atoms with van der Waals surface area (Å²) in [6.45, 7) is -0.0121. The van der Waals surface area contributed by atoms with E-state index in [2.05, 4.69) is 36.0 Å². The van der Waals surface area contributed by atoms with Crippen LogP contribution in [0.4, 0.5) is 19.0 Å². The fourth-order valence-corrected chi connectivity index (χ4v) is 3.15. The van der Waals surface area contributed by atoms with Crippen LogP contribution in [0.2, 0.25) is 0 Å². The van der Waals surface area contributed by atoms with Crippen molar-refractivity contribution in [2.45, 2.75) is 32.0 Å². The highest BCUT2D eigenvalue weighted by atomic mass is 19.4. The highest BCUT2D eigenvalue weighted by molar-refractivity contribution is 5.92. The van der Waals surface area contributed by atoms with Crippen LogP contribution in [-0.4, -0.2) is 64.9 Å². The molecule has 1 aromatic carbocycles. The molecule has 212 valence electrons. The molecule has 2 aromatic rings. The Hall–Kier alpha value is -4.11. The Morgan fingerprint density at radius 2 is 1.90 bits per heavy atom. The van der Waals surface area contributed by atoms with Crippen molar-refractivity contribution < 1.29 is 37.7 Å². The first-order valence-corrected chi connectivity index (χ1v) is 11.9. The van der Waals surface area contributed by atoms with Crippen LogP contribution in [0.15, 0.2) is 53.4 Å². The number of unbranched alkanes of at least 4 members (excludes halogenated alkanes) is 1. The number of hydrogen-bond donors (Lipinski definition) is 6. The van der Waals surface area contributed by atoms with Gasteiger partial charge in [-0.2, -0.15) is 10.2 Å². The SMILES string of the molecule is N=N/C(=C\NCCCCc1ccc(NC(=O)Cc2cccc(OC(F)(F)F)c2)nn1)C(=O)NCC(CO)CO. The van der Waals surface area contributed by atoms with E-state index in [-0.39, 0.29) is 37.7 Å². The van der Waals surface area contributed by atoms with Crippen LogP contribution in [-0.2, 0) is 22.4 Å². The number of nitrogens with one attached hydrogen (secondary N) is 4. The zero-order valence-corrected chi connectivity index (χ0v) is 20.9. The van der Waals surface area contributed by atoms with E-state index < -0.39 is 29.8 Å². The Morgan fingerprint density at radius 3 is 2.54 bits per heavy atom. The number of amides is 2. The van der Waals surface area contributed by atoms with Gasteiger partial charge < -0.3 is 30.9 Å². The fraction of sp³-hybridized carbons (Fsp3) is 0.417. The minimum absolute atomic E-state index is 0.0524. The van der Waals surface area contributed by atoms with Crippen molar-refractivity contribution >= 4 is 17.6 Å². The number of ether oxygens (including phenoxy) is 1. The largest absolute Gasteiger partial charge is 0.573 e. The molecule has 0 bridgehead atoms. The van der Waals surface area contributed by atoms with Gasteiger partial charge in [0, 0.05) is 38.4 Å². The second-order valence-corrected chi connectivity index (χ2v) is 8.32. The van der Waals surface area contributed by atoms with E-state index >= 15 is 0 Å². The van der Waals surface area contributed by atoms with Gasteiger partial charge in [0.05, 0.1) is 12.1 Å². The molecule has 15 heteroatoms. The second-order valence-electron chi connectivity index (χ2n) is 8.32. The van der Waals surface area contributed by atoms with E-state index in [1.165, 1.54) is 18.3 Å². The van der Waals surface area contributed by atoms with Crippen LogP contribution < -0.4 is 20.7 Å². The molecule has 2 amide bonds. The Balaban J connectivity index is 1.71. The number of benzene rings is 1. The van der Waals surface area contributed by atoms with Gasteiger partial charge in [-0.05, 0) is 49.1 Å². The van der Waals surface area contributed by atoms with Gasteiger partial charge >= 0.3 is 6.36 Å². The molecule has 6 N–H and O–H groups in total. The molecular formula is C24H30F3N7O5. The Morgan fingerprint density at radius 1 is 1.13 bits per heavy atom. The number of aliphatic hydroxyl groups is 2. The molecule has 0 saturated carbocycles. The summed E-state index contributed by atoms with van der Waals surface area (Å²) in [6.07, 6.45) is -1.66. The summed E-state index contributed by atoms with van der Waals surface area (Å²) in [6, 6.07) is 8.41. The van der Waals surface area contributed by atoms with Crippen LogP contribution in [0.3, 0.4) is 0 Å². The maximum atomic E-state index is 12.4. The molecule has 1 aromatic heterocycles. The third kappa shape index (κ3) is 12.3. The number of carbonyl (C=O) groups excluding carboxylic acids is 2. The number of alkyl halides is 3. The summed E-state index contributed by atoms with van der Waals surface area (Å²) in [7, 11) is 0.